The molecule has 3 aromatic rings. The van der Waals surface area contributed by atoms with Gasteiger partial charge in [-0.2, -0.15) is 4.68 Å². The number of carbonyl (C=O) groups is 2. The molecule has 28 heavy (non-hydrogen) atoms. The molecule has 0 bridgehead atoms. The number of benzene rings is 2. The van der Waals surface area contributed by atoms with Crippen LogP contribution in [-0.4, -0.2) is 49.9 Å². The van der Waals surface area contributed by atoms with Crippen molar-refractivity contribution in [1.82, 2.24) is 20.2 Å². The van der Waals surface area contributed by atoms with Crippen LogP contribution in [0.2, 0.25) is 0 Å². The molecule has 144 valence electrons. The molecule has 2 aromatic carbocycles. The molecule has 11 heteroatoms. The Balaban J connectivity index is 1.68. The lowest BCUT2D eigenvalue weighted by molar-refractivity contribution is 0.0696. The number of thioether (sulfide) groups is 1. The predicted molar refractivity (Wildman–Crippen MR) is 100 cm³/mol. The van der Waals surface area contributed by atoms with Crippen molar-refractivity contribution in [1.29, 1.82) is 0 Å². The molecular weight excluding hydrogens is 386 g/mol. The van der Waals surface area contributed by atoms with Crippen LogP contribution in [0.3, 0.4) is 0 Å². The molecule has 0 fully saturated rings. The molecule has 0 aliphatic carbocycles. The van der Waals surface area contributed by atoms with Gasteiger partial charge in [-0.3, -0.25) is 9.63 Å². The molecule has 10 nitrogen and oxygen atoms in total. The highest BCUT2D eigenvalue weighted by Gasteiger charge is 2.13. The normalized spacial score (nSPS) is 10.6. The van der Waals surface area contributed by atoms with E-state index in [0.717, 1.165) is 11.8 Å². The molecule has 0 saturated carbocycles. The summed E-state index contributed by atoms with van der Waals surface area (Å²) < 4.78 is 1.42. The van der Waals surface area contributed by atoms with Crippen LogP contribution in [0.1, 0.15) is 20.7 Å². The molecule has 0 atom stereocenters. The van der Waals surface area contributed by atoms with Gasteiger partial charge in [0.25, 0.3) is 0 Å². The van der Waals surface area contributed by atoms with Crippen LogP contribution in [0, 0.1) is 5.21 Å². The van der Waals surface area contributed by atoms with Gasteiger partial charge in [0.2, 0.25) is 5.16 Å². The Labute approximate surface area is 163 Å². The van der Waals surface area contributed by atoms with Gasteiger partial charge in [0.05, 0.1) is 29.8 Å². The summed E-state index contributed by atoms with van der Waals surface area (Å²) in [7, 11) is 1.25. The number of aromatic nitrogens is 4. The summed E-state index contributed by atoms with van der Waals surface area (Å²) in [4.78, 5) is 27.8. The summed E-state index contributed by atoms with van der Waals surface area (Å²) >= 11 is 1.14. The van der Waals surface area contributed by atoms with Gasteiger partial charge in [-0.25, -0.2) is 4.79 Å². The maximum absolute atomic E-state index is 12.4. The van der Waals surface area contributed by atoms with E-state index in [-0.39, 0.29) is 22.8 Å². The van der Waals surface area contributed by atoms with Gasteiger partial charge in [-0.05, 0) is 59.0 Å². The summed E-state index contributed by atoms with van der Waals surface area (Å²) in [6.07, 6.45) is 0. The molecule has 1 aromatic heterocycles. The molecule has 0 aliphatic heterocycles. The number of ketones is 1. The van der Waals surface area contributed by atoms with Crippen LogP contribution in [0.4, 0.5) is 5.69 Å². The fourth-order valence-electron chi connectivity index (χ4n) is 2.26. The van der Waals surface area contributed by atoms with Crippen molar-refractivity contribution >= 4 is 29.2 Å². The number of hydrogen-bond donors (Lipinski definition) is 1. The van der Waals surface area contributed by atoms with E-state index >= 15 is 0 Å². The number of Topliss-reactive ketones (excluding diaryl/α,β-unsaturated/α-hetero) is 1. The van der Waals surface area contributed by atoms with Gasteiger partial charge in [-0.15, -0.1) is 5.10 Å². The highest BCUT2D eigenvalue weighted by molar-refractivity contribution is 7.99. The van der Waals surface area contributed by atoms with Crippen LogP contribution in [0.15, 0.2) is 53.7 Å². The minimum absolute atomic E-state index is 0.0816. The van der Waals surface area contributed by atoms with Crippen molar-refractivity contribution < 1.29 is 19.5 Å². The second-order valence-electron chi connectivity index (χ2n) is 5.42. The number of anilines is 1. The summed E-state index contributed by atoms with van der Waals surface area (Å²) in [6.45, 7) is 0. The van der Waals surface area contributed by atoms with Gasteiger partial charge in [0.1, 0.15) is 0 Å². The van der Waals surface area contributed by atoms with Gasteiger partial charge in [-0.1, -0.05) is 11.8 Å². The number of aromatic carboxylic acids is 1. The molecule has 0 radical (unpaired) electrons. The highest BCUT2D eigenvalue weighted by atomic mass is 32.2. The van der Waals surface area contributed by atoms with Crippen LogP contribution in [-0.2, 0) is 4.84 Å². The quantitative estimate of drug-likeness (QED) is 0.341. The van der Waals surface area contributed by atoms with Gasteiger partial charge in [0.15, 0.2) is 5.78 Å². The van der Waals surface area contributed by atoms with E-state index in [2.05, 4.69) is 20.4 Å². The molecular formula is C17H14N5O5S-. The van der Waals surface area contributed by atoms with E-state index < -0.39 is 5.97 Å². The van der Waals surface area contributed by atoms with Crippen molar-refractivity contribution in [2.45, 2.75) is 5.16 Å². The second-order valence-corrected chi connectivity index (χ2v) is 6.37. The first-order chi connectivity index (χ1) is 13.5. The van der Waals surface area contributed by atoms with Gasteiger partial charge in [0, 0.05) is 5.56 Å². The van der Waals surface area contributed by atoms with E-state index in [1.54, 1.807) is 12.1 Å². The van der Waals surface area contributed by atoms with E-state index in [4.69, 9.17) is 5.11 Å². The zero-order chi connectivity index (χ0) is 20.1. The third-order valence-electron chi connectivity index (χ3n) is 3.70. The van der Waals surface area contributed by atoms with E-state index in [1.165, 1.54) is 48.2 Å². The number of tetrazole rings is 1. The first kappa shape index (κ1) is 19.5. The summed E-state index contributed by atoms with van der Waals surface area (Å²) in [5.74, 6) is -1.11. The first-order valence-corrected chi connectivity index (χ1v) is 8.87. The summed E-state index contributed by atoms with van der Waals surface area (Å²) in [6, 6.07) is 12.1. The minimum Gasteiger partial charge on any atom is -0.733 e. The molecule has 0 spiro atoms. The number of carboxylic acids is 1. The molecule has 0 amide bonds. The summed E-state index contributed by atoms with van der Waals surface area (Å²) in [5, 5.41) is 32.4. The fourth-order valence-corrected chi connectivity index (χ4v) is 3.05. The van der Waals surface area contributed by atoms with Crippen LogP contribution < -0.4 is 5.23 Å². The second kappa shape index (κ2) is 8.61. The largest absolute Gasteiger partial charge is 0.733 e. The Morgan fingerprint density at radius 1 is 1.14 bits per heavy atom. The van der Waals surface area contributed by atoms with Gasteiger partial charge >= 0.3 is 5.97 Å². The van der Waals surface area contributed by atoms with E-state index in [9.17, 15) is 14.8 Å². The highest BCUT2D eigenvalue weighted by Crippen LogP contribution is 2.21. The zero-order valence-electron chi connectivity index (χ0n) is 14.6. The lowest BCUT2D eigenvalue weighted by Gasteiger charge is -2.26. The van der Waals surface area contributed by atoms with Crippen LogP contribution >= 0.6 is 11.8 Å². The molecule has 0 saturated heterocycles. The van der Waals surface area contributed by atoms with Gasteiger partial charge < -0.3 is 15.5 Å². The average molecular weight is 400 g/mol. The number of hydrogen-bond acceptors (Lipinski definition) is 9. The molecule has 0 unspecified atom stereocenters. The monoisotopic (exact) mass is 400 g/mol. The maximum Gasteiger partial charge on any atom is 0.335 e. The standard InChI is InChI=1S/C17H14N5O5S/c1-27-22(26)14-8-2-11(3-9-14)15(23)10-28-17-18-19-20-21(17)13-6-4-12(5-7-13)16(24)25/h2-9H,10H2,1H3,(H,24,25)/q-1. The third-order valence-corrected chi connectivity index (χ3v) is 4.62. The van der Waals surface area contributed by atoms with Crippen molar-refractivity contribution in [3.8, 4) is 5.69 Å². The Morgan fingerprint density at radius 2 is 1.79 bits per heavy atom. The van der Waals surface area contributed by atoms with Crippen molar-refractivity contribution in [2.24, 2.45) is 0 Å². The zero-order valence-corrected chi connectivity index (χ0v) is 15.4. The number of carbonyl (C=O) groups excluding carboxylic acids is 1. The average Bonchev–Trinajstić information content (AvgIpc) is 3.20. The fraction of sp³-hybridized carbons (Fsp3) is 0.118. The Morgan fingerprint density at radius 3 is 2.39 bits per heavy atom. The topological polar surface area (TPSA) is 134 Å². The van der Waals surface area contributed by atoms with Crippen molar-refractivity contribution in [2.75, 3.05) is 18.1 Å². The van der Waals surface area contributed by atoms with Crippen LogP contribution in [0.25, 0.3) is 5.69 Å². The Hall–Kier alpha value is -3.28. The van der Waals surface area contributed by atoms with Crippen molar-refractivity contribution in [3.05, 3.63) is 64.9 Å². The Bertz CT molecular complexity index is 974. The molecule has 1 N–H and O–H groups in total. The Kier molecular flexibility index (Phi) is 5.99. The third kappa shape index (κ3) is 4.34. The first-order valence-electron chi connectivity index (χ1n) is 7.89. The SMILES string of the molecule is CON([O-])c1ccc(C(=O)CSc2nnnn2-c2ccc(C(=O)O)cc2)cc1. The summed E-state index contributed by atoms with van der Waals surface area (Å²) in [5.41, 5.74) is 1.44. The molecule has 1 heterocycles. The van der Waals surface area contributed by atoms with Crippen LogP contribution in [0.5, 0.6) is 0 Å². The lowest BCUT2D eigenvalue weighted by Crippen LogP contribution is -2.12. The van der Waals surface area contributed by atoms with E-state index in [1.807, 2.05) is 0 Å². The lowest BCUT2D eigenvalue weighted by atomic mass is 10.1. The number of rotatable bonds is 8. The molecule has 0 aliphatic rings. The number of nitrogens with zero attached hydrogens (tertiary/aromatic N) is 5. The minimum atomic E-state index is -1.03. The number of carboxylic acid groups (broad SMARTS) is 1. The molecule has 3 rings (SSSR count). The van der Waals surface area contributed by atoms with E-state index in [0.29, 0.717) is 21.6 Å². The smallest absolute Gasteiger partial charge is 0.335 e. The van der Waals surface area contributed by atoms with Crippen molar-refractivity contribution in [3.63, 3.8) is 0 Å². The predicted octanol–water partition coefficient (Wildman–Crippen LogP) is 2.20. The maximum atomic E-state index is 12.4.